The average Bonchev–Trinajstić information content (AvgIpc) is 2.46. The molecule has 19 heavy (non-hydrogen) atoms. The van der Waals surface area contributed by atoms with Gasteiger partial charge in [0.05, 0.1) is 0 Å². The summed E-state index contributed by atoms with van der Waals surface area (Å²) in [6, 6.07) is 10.1. The van der Waals surface area contributed by atoms with Crippen LogP contribution in [0.2, 0.25) is 0 Å². The lowest BCUT2D eigenvalue weighted by Crippen LogP contribution is -2.22. The second kappa shape index (κ2) is 10.6. The summed E-state index contributed by atoms with van der Waals surface area (Å²) in [5.41, 5.74) is 1.17. The molecule has 0 saturated carbocycles. The monoisotopic (exact) mass is 260 g/mol. The Morgan fingerprint density at radius 1 is 0.947 bits per heavy atom. The van der Waals surface area contributed by atoms with Gasteiger partial charge in [-0.15, -0.1) is 0 Å². The first-order valence-corrected chi connectivity index (χ1v) is 7.53. The van der Waals surface area contributed by atoms with Crippen LogP contribution in [0, 0.1) is 0 Å². The third kappa shape index (κ3) is 7.66. The first-order chi connectivity index (χ1) is 9.36. The molecule has 0 aromatic heterocycles. The van der Waals surface area contributed by atoms with Crippen LogP contribution < -0.4 is 0 Å². The largest absolute Gasteiger partial charge is 0.330 e. The van der Waals surface area contributed by atoms with Crippen molar-refractivity contribution in [2.24, 2.45) is 0 Å². The van der Waals surface area contributed by atoms with Gasteiger partial charge >= 0.3 is 6.41 Å². The number of rotatable bonds is 11. The SMILES string of the molecule is CCCCCCCCCN([C]=O)Cc1ccccc1. The van der Waals surface area contributed by atoms with Crippen molar-refractivity contribution < 1.29 is 4.79 Å². The number of nitrogens with zero attached hydrogens (tertiary/aromatic N) is 1. The molecule has 1 aromatic carbocycles. The number of benzene rings is 1. The molecule has 0 heterocycles. The summed E-state index contributed by atoms with van der Waals surface area (Å²) in [5.74, 6) is 0. The maximum atomic E-state index is 10.9. The molecule has 2 nitrogen and oxygen atoms in total. The normalized spacial score (nSPS) is 10.4. The molecule has 1 amide bonds. The van der Waals surface area contributed by atoms with Gasteiger partial charge in [0.15, 0.2) is 0 Å². The van der Waals surface area contributed by atoms with Crippen molar-refractivity contribution in [1.82, 2.24) is 4.90 Å². The second-order valence-electron chi connectivity index (χ2n) is 5.12. The van der Waals surface area contributed by atoms with Crippen molar-refractivity contribution >= 4 is 6.41 Å². The molecule has 0 spiro atoms. The van der Waals surface area contributed by atoms with Crippen molar-refractivity contribution in [2.45, 2.75) is 58.4 Å². The highest BCUT2D eigenvalue weighted by molar-refractivity contribution is 5.48. The van der Waals surface area contributed by atoms with Gasteiger partial charge in [-0.1, -0.05) is 75.8 Å². The lowest BCUT2D eigenvalue weighted by molar-refractivity contribution is 0.361. The third-order valence-corrected chi connectivity index (χ3v) is 3.38. The molecule has 1 aromatic rings. The van der Waals surface area contributed by atoms with Crippen LogP contribution in [0.3, 0.4) is 0 Å². The van der Waals surface area contributed by atoms with E-state index >= 15 is 0 Å². The molecule has 1 rings (SSSR count). The summed E-state index contributed by atoms with van der Waals surface area (Å²) in [6.07, 6.45) is 11.0. The molecule has 2 heteroatoms. The minimum absolute atomic E-state index is 0.681. The standard InChI is InChI=1S/C17H26NO/c1-2-3-4-5-6-7-11-14-18(16-19)15-17-12-9-8-10-13-17/h8-10,12-13H,2-7,11,14-15H2,1H3. The van der Waals surface area contributed by atoms with Crippen molar-refractivity contribution in [2.75, 3.05) is 6.54 Å². The van der Waals surface area contributed by atoms with Crippen LogP contribution in [0.4, 0.5) is 0 Å². The highest BCUT2D eigenvalue weighted by Crippen LogP contribution is 2.08. The summed E-state index contributed by atoms with van der Waals surface area (Å²) >= 11 is 0. The van der Waals surface area contributed by atoms with Gasteiger partial charge in [-0.05, 0) is 12.0 Å². The predicted octanol–water partition coefficient (Wildman–Crippen LogP) is 4.31. The van der Waals surface area contributed by atoms with Gasteiger partial charge in [-0.3, -0.25) is 4.79 Å². The van der Waals surface area contributed by atoms with Crippen LogP contribution in [-0.4, -0.2) is 17.9 Å². The summed E-state index contributed by atoms with van der Waals surface area (Å²) in [5, 5.41) is 0. The molecule has 0 unspecified atom stereocenters. The first-order valence-electron chi connectivity index (χ1n) is 7.53. The third-order valence-electron chi connectivity index (χ3n) is 3.38. The van der Waals surface area contributed by atoms with E-state index in [0.717, 1.165) is 13.0 Å². The number of hydrogen-bond donors (Lipinski definition) is 0. The Labute approximate surface area is 117 Å². The Hall–Kier alpha value is -1.31. The van der Waals surface area contributed by atoms with E-state index in [4.69, 9.17) is 0 Å². The fourth-order valence-electron chi connectivity index (χ4n) is 2.22. The molecular weight excluding hydrogens is 234 g/mol. The van der Waals surface area contributed by atoms with E-state index < -0.39 is 0 Å². The maximum Gasteiger partial charge on any atom is 0.312 e. The van der Waals surface area contributed by atoms with Crippen LogP contribution in [0.15, 0.2) is 30.3 Å². The maximum absolute atomic E-state index is 10.9. The Morgan fingerprint density at radius 2 is 1.58 bits per heavy atom. The lowest BCUT2D eigenvalue weighted by atomic mass is 10.1. The lowest BCUT2D eigenvalue weighted by Gasteiger charge is -2.16. The zero-order valence-corrected chi connectivity index (χ0v) is 12.1. The van der Waals surface area contributed by atoms with E-state index in [2.05, 4.69) is 19.1 Å². The van der Waals surface area contributed by atoms with Gasteiger partial charge in [0.25, 0.3) is 0 Å². The fourth-order valence-corrected chi connectivity index (χ4v) is 2.22. The Morgan fingerprint density at radius 3 is 2.21 bits per heavy atom. The van der Waals surface area contributed by atoms with E-state index in [0.29, 0.717) is 6.54 Å². The summed E-state index contributed by atoms with van der Waals surface area (Å²) < 4.78 is 0. The average molecular weight is 260 g/mol. The molecule has 0 aliphatic carbocycles. The number of unbranched alkanes of at least 4 members (excludes halogenated alkanes) is 6. The topological polar surface area (TPSA) is 20.3 Å². The van der Waals surface area contributed by atoms with Gasteiger partial charge in [-0.25, -0.2) is 0 Å². The van der Waals surface area contributed by atoms with Crippen molar-refractivity contribution in [3.05, 3.63) is 35.9 Å². The van der Waals surface area contributed by atoms with Crippen molar-refractivity contribution in [1.29, 1.82) is 0 Å². The predicted molar refractivity (Wildman–Crippen MR) is 80.5 cm³/mol. The van der Waals surface area contributed by atoms with Gasteiger partial charge < -0.3 is 4.90 Å². The molecule has 0 bridgehead atoms. The summed E-state index contributed by atoms with van der Waals surface area (Å²) in [6.45, 7) is 3.74. The Balaban J connectivity index is 2.10. The minimum atomic E-state index is 0.681. The zero-order valence-electron chi connectivity index (χ0n) is 12.1. The van der Waals surface area contributed by atoms with E-state index in [9.17, 15) is 4.79 Å². The van der Waals surface area contributed by atoms with Gasteiger partial charge in [0.2, 0.25) is 0 Å². The van der Waals surface area contributed by atoms with E-state index in [-0.39, 0.29) is 0 Å². The van der Waals surface area contributed by atoms with Crippen LogP contribution in [-0.2, 0) is 11.3 Å². The van der Waals surface area contributed by atoms with Gasteiger partial charge in [0, 0.05) is 13.1 Å². The van der Waals surface area contributed by atoms with Crippen molar-refractivity contribution in [3.63, 3.8) is 0 Å². The molecule has 0 N–H and O–H groups in total. The Kier molecular flexibility index (Phi) is 8.78. The molecular formula is C17H26NO. The molecule has 1 radical (unpaired) electrons. The zero-order chi connectivity index (χ0) is 13.8. The molecule has 105 valence electrons. The smallest absolute Gasteiger partial charge is 0.312 e. The summed E-state index contributed by atoms with van der Waals surface area (Å²) in [4.78, 5) is 12.7. The number of amides is 1. The molecule has 0 fully saturated rings. The van der Waals surface area contributed by atoms with E-state index in [1.54, 1.807) is 4.90 Å². The van der Waals surface area contributed by atoms with Crippen LogP contribution in [0.25, 0.3) is 0 Å². The molecule has 0 aliphatic rings. The molecule has 0 aliphatic heterocycles. The minimum Gasteiger partial charge on any atom is -0.330 e. The number of hydrogen-bond acceptors (Lipinski definition) is 1. The first kappa shape index (κ1) is 15.7. The highest BCUT2D eigenvalue weighted by atomic mass is 16.1. The quantitative estimate of drug-likeness (QED) is 0.429. The fraction of sp³-hybridized carbons (Fsp3) is 0.588. The Bertz CT molecular complexity index is 323. The molecule has 0 atom stereocenters. The van der Waals surface area contributed by atoms with Crippen LogP contribution in [0.5, 0.6) is 0 Å². The van der Waals surface area contributed by atoms with Gasteiger partial charge in [0.1, 0.15) is 0 Å². The van der Waals surface area contributed by atoms with Crippen LogP contribution in [0.1, 0.15) is 57.4 Å². The van der Waals surface area contributed by atoms with Crippen LogP contribution >= 0.6 is 0 Å². The van der Waals surface area contributed by atoms with Gasteiger partial charge in [-0.2, -0.15) is 0 Å². The van der Waals surface area contributed by atoms with E-state index in [1.807, 2.05) is 24.6 Å². The van der Waals surface area contributed by atoms with E-state index in [1.165, 1.54) is 44.1 Å². The van der Waals surface area contributed by atoms with Crippen molar-refractivity contribution in [3.8, 4) is 0 Å². The highest BCUT2D eigenvalue weighted by Gasteiger charge is 2.03. The second-order valence-corrected chi connectivity index (χ2v) is 5.12. The summed E-state index contributed by atoms with van der Waals surface area (Å²) in [7, 11) is 0. The number of carbonyl (C=O) groups excluding carboxylic acids is 1. The molecule has 0 saturated heterocycles.